The Labute approximate surface area is 149 Å². The summed E-state index contributed by atoms with van der Waals surface area (Å²) in [6.07, 6.45) is 20.7. The molecule has 0 aromatic carbocycles. The summed E-state index contributed by atoms with van der Waals surface area (Å²) in [7, 11) is 0. The smallest absolute Gasteiger partial charge is 0.310 e. The maximum atomic E-state index is 12.7. The van der Waals surface area contributed by atoms with Crippen molar-refractivity contribution in [2.45, 2.75) is 116 Å². The molecule has 0 saturated heterocycles. The SMILES string of the molecule is CCCCCC1CCCCCCC1(C(=O)O)C1CCCCCCC1. The molecule has 2 unspecified atom stereocenters. The summed E-state index contributed by atoms with van der Waals surface area (Å²) >= 11 is 0. The minimum Gasteiger partial charge on any atom is -0.481 e. The van der Waals surface area contributed by atoms with Crippen LogP contribution in [0.5, 0.6) is 0 Å². The third-order valence-electron chi connectivity index (χ3n) is 7.01. The average Bonchev–Trinajstić information content (AvgIpc) is 2.50. The van der Waals surface area contributed by atoms with Crippen molar-refractivity contribution >= 4 is 5.97 Å². The van der Waals surface area contributed by atoms with E-state index >= 15 is 0 Å². The second kappa shape index (κ2) is 10.5. The van der Waals surface area contributed by atoms with E-state index in [0.717, 1.165) is 38.5 Å². The molecule has 2 rings (SSSR count). The second-order valence-corrected chi connectivity index (χ2v) is 8.53. The van der Waals surface area contributed by atoms with E-state index in [-0.39, 0.29) is 0 Å². The molecule has 2 aliphatic carbocycles. The maximum Gasteiger partial charge on any atom is 0.310 e. The van der Waals surface area contributed by atoms with Crippen molar-refractivity contribution in [1.82, 2.24) is 0 Å². The molecule has 0 aliphatic heterocycles. The molecular weight excluding hydrogens is 296 g/mol. The monoisotopic (exact) mass is 336 g/mol. The molecule has 0 heterocycles. The Morgan fingerprint density at radius 2 is 1.46 bits per heavy atom. The number of rotatable bonds is 6. The molecular formula is C22H40O2. The van der Waals surface area contributed by atoms with Gasteiger partial charge in [0.1, 0.15) is 0 Å². The largest absolute Gasteiger partial charge is 0.481 e. The van der Waals surface area contributed by atoms with Gasteiger partial charge in [-0.3, -0.25) is 4.79 Å². The molecule has 2 nitrogen and oxygen atoms in total. The molecule has 140 valence electrons. The first-order valence-electron chi connectivity index (χ1n) is 10.9. The van der Waals surface area contributed by atoms with Gasteiger partial charge in [-0.05, 0) is 43.9 Å². The third-order valence-corrected chi connectivity index (χ3v) is 7.01. The quantitative estimate of drug-likeness (QED) is 0.532. The first-order valence-corrected chi connectivity index (χ1v) is 10.9. The Hall–Kier alpha value is -0.530. The first-order chi connectivity index (χ1) is 11.7. The Balaban J connectivity index is 2.23. The molecule has 0 amide bonds. The maximum absolute atomic E-state index is 12.7. The molecule has 24 heavy (non-hydrogen) atoms. The fraction of sp³-hybridized carbons (Fsp3) is 0.955. The van der Waals surface area contributed by atoms with Crippen LogP contribution in [-0.4, -0.2) is 11.1 Å². The molecule has 2 fully saturated rings. The highest BCUT2D eigenvalue weighted by Gasteiger charge is 2.50. The molecule has 0 spiro atoms. The normalized spacial score (nSPS) is 30.8. The lowest BCUT2D eigenvalue weighted by Crippen LogP contribution is -2.46. The van der Waals surface area contributed by atoms with Gasteiger partial charge < -0.3 is 5.11 Å². The molecule has 2 saturated carbocycles. The number of carboxylic acid groups (broad SMARTS) is 1. The summed E-state index contributed by atoms with van der Waals surface area (Å²) in [5.74, 6) is 0.405. The molecule has 2 aliphatic rings. The molecule has 2 atom stereocenters. The van der Waals surface area contributed by atoms with Crippen LogP contribution in [-0.2, 0) is 4.79 Å². The van der Waals surface area contributed by atoms with Crippen LogP contribution in [0, 0.1) is 17.3 Å². The van der Waals surface area contributed by atoms with Crippen LogP contribution in [0.1, 0.15) is 116 Å². The van der Waals surface area contributed by atoms with Gasteiger partial charge in [0.2, 0.25) is 0 Å². The van der Waals surface area contributed by atoms with E-state index in [1.165, 1.54) is 70.6 Å². The van der Waals surface area contributed by atoms with Gasteiger partial charge in [0.15, 0.2) is 0 Å². The van der Waals surface area contributed by atoms with Gasteiger partial charge in [-0.25, -0.2) is 0 Å². The van der Waals surface area contributed by atoms with E-state index < -0.39 is 11.4 Å². The zero-order chi connectivity index (χ0) is 17.3. The van der Waals surface area contributed by atoms with Gasteiger partial charge in [0.05, 0.1) is 5.41 Å². The number of aliphatic carboxylic acids is 1. The fourth-order valence-corrected chi connectivity index (χ4v) is 5.63. The van der Waals surface area contributed by atoms with Gasteiger partial charge in [-0.1, -0.05) is 84.0 Å². The van der Waals surface area contributed by atoms with E-state index in [0.29, 0.717) is 11.8 Å². The van der Waals surface area contributed by atoms with Crippen molar-refractivity contribution in [2.24, 2.45) is 17.3 Å². The fourth-order valence-electron chi connectivity index (χ4n) is 5.63. The highest BCUT2D eigenvalue weighted by molar-refractivity contribution is 5.75. The van der Waals surface area contributed by atoms with Gasteiger partial charge in [0.25, 0.3) is 0 Å². The van der Waals surface area contributed by atoms with Crippen molar-refractivity contribution < 1.29 is 9.90 Å². The van der Waals surface area contributed by atoms with Crippen LogP contribution in [0.2, 0.25) is 0 Å². The van der Waals surface area contributed by atoms with E-state index in [1.807, 2.05) is 0 Å². The van der Waals surface area contributed by atoms with Crippen molar-refractivity contribution in [2.75, 3.05) is 0 Å². The lowest BCUT2D eigenvalue weighted by molar-refractivity contribution is -0.161. The van der Waals surface area contributed by atoms with Crippen molar-refractivity contribution in [3.63, 3.8) is 0 Å². The van der Waals surface area contributed by atoms with Crippen LogP contribution in [0.3, 0.4) is 0 Å². The van der Waals surface area contributed by atoms with E-state index in [2.05, 4.69) is 6.92 Å². The minimum atomic E-state index is -0.448. The zero-order valence-electron chi connectivity index (χ0n) is 16.0. The van der Waals surface area contributed by atoms with Crippen LogP contribution in [0.15, 0.2) is 0 Å². The predicted octanol–water partition coefficient (Wildman–Crippen LogP) is 6.97. The van der Waals surface area contributed by atoms with Crippen LogP contribution in [0.4, 0.5) is 0 Å². The van der Waals surface area contributed by atoms with Gasteiger partial charge in [-0.2, -0.15) is 0 Å². The predicted molar refractivity (Wildman–Crippen MR) is 101 cm³/mol. The summed E-state index contributed by atoms with van der Waals surface area (Å²) < 4.78 is 0. The number of hydrogen-bond acceptors (Lipinski definition) is 1. The highest BCUT2D eigenvalue weighted by Crippen LogP contribution is 2.51. The average molecular weight is 337 g/mol. The van der Waals surface area contributed by atoms with Gasteiger partial charge in [0, 0.05) is 0 Å². The Morgan fingerprint density at radius 1 is 0.875 bits per heavy atom. The van der Waals surface area contributed by atoms with Crippen LogP contribution in [0.25, 0.3) is 0 Å². The van der Waals surface area contributed by atoms with Crippen LogP contribution >= 0.6 is 0 Å². The number of unbranched alkanes of at least 4 members (excludes halogenated alkanes) is 2. The van der Waals surface area contributed by atoms with Crippen molar-refractivity contribution in [3.05, 3.63) is 0 Å². The summed E-state index contributed by atoms with van der Waals surface area (Å²) in [4.78, 5) is 12.7. The lowest BCUT2D eigenvalue weighted by Gasteiger charge is -2.45. The number of carboxylic acids is 1. The Bertz CT molecular complexity index is 357. The van der Waals surface area contributed by atoms with Gasteiger partial charge in [-0.15, -0.1) is 0 Å². The molecule has 0 aromatic heterocycles. The summed E-state index contributed by atoms with van der Waals surface area (Å²) in [5, 5.41) is 10.4. The molecule has 0 bridgehead atoms. The lowest BCUT2D eigenvalue weighted by atomic mass is 9.57. The van der Waals surface area contributed by atoms with Crippen molar-refractivity contribution in [3.8, 4) is 0 Å². The molecule has 1 N–H and O–H groups in total. The van der Waals surface area contributed by atoms with Gasteiger partial charge >= 0.3 is 5.97 Å². The first kappa shape index (κ1) is 19.8. The van der Waals surface area contributed by atoms with E-state index in [4.69, 9.17) is 0 Å². The second-order valence-electron chi connectivity index (χ2n) is 8.53. The zero-order valence-corrected chi connectivity index (χ0v) is 16.0. The minimum absolute atomic E-state index is 0.411. The number of hydrogen-bond donors (Lipinski definition) is 1. The Morgan fingerprint density at radius 3 is 2.08 bits per heavy atom. The summed E-state index contributed by atoms with van der Waals surface area (Å²) in [6, 6.07) is 0. The standard InChI is InChI=1S/C22H40O2/c1-2-3-9-14-19-17-12-7-8-13-18-22(19,21(23)24)20-15-10-5-4-6-11-16-20/h19-20H,2-18H2,1H3,(H,23,24). The van der Waals surface area contributed by atoms with Crippen LogP contribution < -0.4 is 0 Å². The molecule has 2 heteroatoms. The van der Waals surface area contributed by atoms with E-state index in [1.54, 1.807) is 0 Å². The van der Waals surface area contributed by atoms with Crippen molar-refractivity contribution in [1.29, 1.82) is 0 Å². The Kier molecular flexibility index (Phi) is 8.62. The highest BCUT2D eigenvalue weighted by atomic mass is 16.4. The topological polar surface area (TPSA) is 37.3 Å². The summed E-state index contributed by atoms with van der Waals surface area (Å²) in [6.45, 7) is 2.25. The van der Waals surface area contributed by atoms with E-state index in [9.17, 15) is 9.90 Å². The number of carbonyl (C=O) groups is 1. The molecule has 0 aromatic rings. The molecule has 0 radical (unpaired) electrons. The third kappa shape index (κ3) is 4.99. The summed E-state index contributed by atoms with van der Waals surface area (Å²) in [5.41, 5.74) is -0.411.